The summed E-state index contributed by atoms with van der Waals surface area (Å²) >= 11 is 0. The lowest BCUT2D eigenvalue weighted by Crippen LogP contribution is -2.13. The molecule has 20 heavy (non-hydrogen) atoms. The van der Waals surface area contributed by atoms with Gasteiger partial charge in [0, 0.05) is 6.54 Å². The van der Waals surface area contributed by atoms with E-state index in [9.17, 15) is 0 Å². The number of anilines is 2. The minimum absolute atomic E-state index is 0.199. The van der Waals surface area contributed by atoms with Crippen molar-refractivity contribution in [1.82, 2.24) is 9.78 Å². The average molecular weight is 272 g/mol. The topological polar surface area (TPSA) is 55.9 Å². The summed E-state index contributed by atoms with van der Waals surface area (Å²) in [5.41, 5.74) is 10.4. The highest BCUT2D eigenvalue weighted by atomic mass is 15.3. The Bertz CT molecular complexity index is 586. The molecule has 0 saturated heterocycles. The zero-order chi connectivity index (χ0) is 14.7. The molecule has 0 spiro atoms. The average Bonchev–Trinajstić information content (AvgIpc) is 2.67. The van der Waals surface area contributed by atoms with Crippen molar-refractivity contribution in [2.45, 2.75) is 46.7 Å². The van der Waals surface area contributed by atoms with Gasteiger partial charge in [0.05, 0.1) is 17.4 Å². The van der Waals surface area contributed by atoms with Gasteiger partial charge in [0.15, 0.2) is 0 Å². The summed E-state index contributed by atoms with van der Waals surface area (Å²) in [6.45, 7) is 9.25. The van der Waals surface area contributed by atoms with Crippen molar-refractivity contribution in [1.29, 1.82) is 0 Å². The first-order chi connectivity index (χ1) is 9.54. The van der Waals surface area contributed by atoms with Gasteiger partial charge in [-0.25, -0.2) is 4.68 Å². The zero-order valence-corrected chi connectivity index (χ0v) is 12.8. The molecular formula is C16H24N4. The molecule has 3 N–H and O–H groups in total. The van der Waals surface area contributed by atoms with Crippen LogP contribution in [0.1, 0.15) is 43.1 Å². The molecule has 0 saturated carbocycles. The summed E-state index contributed by atoms with van der Waals surface area (Å²) in [7, 11) is 0. The fraction of sp³-hybridized carbons (Fsp3) is 0.438. The summed E-state index contributed by atoms with van der Waals surface area (Å²) in [6, 6.07) is 8.61. The Labute approximate surface area is 121 Å². The Hall–Kier alpha value is -1.97. The normalized spacial score (nSPS) is 12.4. The number of nitrogens with two attached hydrogens (primary N) is 1. The molecule has 0 aliphatic rings. The molecule has 1 aromatic carbocycles. The highest BCUT2D eigenvalue weighted by Crippen LogP contribution is 2.28. The third kappa shape index (κ3) is 2.79. The van der Waals surface area contributed by atoms with Gasteiger partial charge < -0.3 is 11.1 Å². The van der Waals surface area contributed by atoms with Crippen LogP contribution in [0.5, 0.6) is 0 Å². The van der Waals surface area contributed by atoms with Crippen LogP contribution in [-0.4, -0.2) is 9.78 Å². The first-order valence-electron chi connectivity index (χ1n) is 7.19. The molecule has 108 valence electrons. The number of nitrogens with zero attached hydrogens (tertiary/aromatic N) is 2. The van der Waals surface area contributed by atoms with Crippen LogP contribution in [0.15, 0.2) is 24.3 Å². The predicted octanol–water partition coefficient (Wildman–Crippen LogP) is 3.67. The lowest BCUT2D eigenvalue weighted by Gasteiger charge is -2.19. The van der Waals surface area contributed by atoms with Crippen LogP contribution in [-0.2, 0) is 6.54 Å². The van der Waals surface area contributed by atoms with Gasteiger partial charge in [-0.3, -0.25) is 0 Å². The van der Waals surface area contributed by atoms with Crippen molar-refractivity contribution >= 4 is 11.5 Å². The Kier molecular flexibility index (Phi) is 4.32. The van der Waals surface area contributed by atoms with Crippen molar-refractivity contribution in [3.8, 4) is 0 Å². The van der Waals surface area contributed by atoms with E-state index in [2.05, 4.69) is 55.5 Å². The van der Waals surface area contributed by atoms with E-state index in [4.69, 9.17) is 5.73 Å². The molecule has 0 fully saturated rings. The number of hydrogen-bond acceptors (Lipinski definition) is 3. The van der Waals surface area contributed by atoms with Crippen molar-refractivity contribution in [2.24, 2.45) is 0 Å². The van der Waals surface area contributed by atoms with E-state index in [1.54, 1.807) is 0 Å². The first-order valence-corrected chi connectivity index (χ1v) is 7.19. The minimum Gasteiger partial charge on any atom is -0.394 e. The van der Waals surface area contributed by atoms with Crippen LogP contribution >= 0.6 is 0 Å². The van der Waals surface area contributed by atoms with Crippen molar-refractivity contribution < 1.29 is 0 Å². The summed E-state index contributed by atoms with van der Waals surface area (Å²) < 4.78 is 1.97. The Morgan fingerprint density at radius 1 is 1.30 bits per heavy atom. The maximum Gasteiger partial charge on any atom is 0.148 e. The Morgan fingerprint density at radius 3 is 2.65 bits per heavy atom. The second kappa shape index (κ2) is 5.99. The minimum atomic E-state index is 0.199. The van der Waals surface area contributed by atoms with Crippen LogP contribution < -0.4 is 11.1 Å². The molecule has 0 amide bonds. The van der Waals surface area contributed by atoms with Crippen LogP contribution in [0.25, 0.3) is 0 Å². The van der Waals surface area contributed by atoms with Crippen LogP contribution in [0.4, 0.5) is 11.5 Å². The van der Waals surface area contributed by atoms with E-state index >= 15 is 0 Å². The number of nitrogen functional groups attached to an aromatic ring is 1. The molecule has 4 nitrogen and oxygen atoms in total. The lowest BCUT2D eigenvalue weighted by atomic mass is 10.0. The maximum atomic E-state index is 6.15. The molecule has 2 rings (SSSR count). The van der Waals surface area contributed by atoms with E-state index in [-0.39, 0.29) is 6.04 Å². The highest BCUT2D eigenvalue weighted by molar-refractivity contribution is 5.65. The molecule has 4 heteroatoms. The molecule has 0 bridgehead atoms. The fourth-order valence-corrected chi connectivity index (χ4v) is 2.48. The zero-order valence-electron chi connectivity index (χ0n) is 12.8. The Morgan fingerprint density at radius 2 is 2.00 bits per heavy atom. The number of aryl methyl sites for hydroxylation is 3. The first kappa shape index (κ1) is 14.4. The summed E-state index contributed by atoms with van der Waals surface area (Å²) in [6.07, 6.45) is 1.04. The fourth-order valence-electron chi connectivity index (χ4n) is 2.48. The lowest BCUT2D eigenvalue weighted by molar-refractivity contribution is 0.599. The van der Waals surface area contributed by atoms with Crippen LogP contribution in [0, 0.1) is 13.8 Å². The van der Waals surface area contributed by atoms with Gasteiger partial charge in [-0.1, -0.05) is 31.2 Å². The van der Waals surface area contributed by atoms with E-state index in [1.165, 1.54) is 11.1 Å². The van der Waals surface area contributed by atoms with Gasteiger partial charge in [-0.15, -0.1) is 0 Å². The number of hydrogen-bond donors (Lipinski definition) is 2. The third-order valence-electron chi connectivity index (χ3n) is 3.62. The van der Waals surface area contributed by atoms with Gasteiger partial charge in [0.25, 0.3) is 0 Å². The molecule has 1 unspecified atom stereocenters. The summed E-state index contributed by atoms with van der Waals surface area (Å²) in [5.74, 6) is 0.931. The SMILES string of the molecule is CCCn1nc(C)c(N)c1NC(C)c1ccccc1C. The third-order valence-corrected chi connectivity index (χ3v) is 3.62. The number of benzene rings is 1. The smallest absolute Gasteiger partial charge is 0.148 e. The van der Waals surface area contributed by atoms with Crippen molar-refractivity contribution in [2.75, 3.05) is 11.1 Å². The maximum absolute atomic E-state index is 6.15. The molecule has 0 aliphatic carbocycles. The number of nitrogens with one attached hydrogen (secondary N) is 1. The largest absolute Gasteiger partial charge is 0.394 e. The number of rotatable bonds is 5. The van der Waals surface area contributed by atoms with Crippen LogP contribution in [0.2, 0.25) is 0 Å². The van der Waals surface area contributed by atoms with E-state index in [0.29, 0.717) is 0 Å². The molecule has 1 atom stereocenters. The Balaban J connectivity index is 2.28. The highest BCUT2D eigenvalue weighted by Gasteiger charge is 2.15. The van der Waals surface area contributed by atoms with Crippen molar-refractivity contribution in [3.05, 3.63) is 41.1 Å². The quantitative estimate of drug-likeness (QED) is 0.873. The van der Waals surface area contributed by atoms with E-state index in [0.717, 1.165) is 30.2 Å². The van der Waals surface area contributed by atoms with Gasteiger partial charge >= 0.3 is 0 Å². The second-order valence-corrected chi connectivity index (χ2v) is 5.29. The molecule has 1 heterocycles. The van der Waals surface area contributed by atoms with Gasteiger partial charge in [0.1, 0.15) is 5.82 Å². The second-order valence-electron chi connectivity index (χ2n) is 5.29. The predicted molar refractivity (Wildman–Crippen MR) is 84.9 cm³/mol. The van der Waals surface area contributed by atoms with E-state index in [1.807, 2.05) is 11.6 Å². The summed E-state index contributed by atoms with van der Waals surface area (Å²) in [4.78, 5) is 0. The molecule has 1 aromatic heterocycles. The van der Waals surface area contributed by atoms with Crippen LogP contribution in [0.3, 0.4) is 0 Å². The van der Waals surface area contributed by atoms with Gasteiger partial charge in [-0.05, 0) is 38.3 Å². The molecule has 0 radical (unpaired) electrons. The molecule has 2 aromatic rings. The number of aromatic nitrogens is 2. The van der Waals surface area contributed by atoms with Crippen molar-refractivity contribution in [3.63, 3.8) is 0 Å². The molecule has 0 aliphatic heterocycles. The monoisotopic (exact) mass is 272 g/mol. The molecular weight excluding hydrogens is 248 g/mol. The summed E-state index contributed by atoms with van der Waals surface area (Å²) in [5, 5.41) is 8.02. The van der Waals surface area contributed by atoms with Gasteiger partial charge in [0.2, 0.25) is 0 Å². The standard InChI is InChI=1S/C16H24N4/c1-5-10-20-16(15(17)13(4)19-20)18-12(3)14-9-7-6-8-11(14)2/h6-9,12,18H,5,10,17H2,1-4H3. The van der Waals surface area contributed by atoms with Gasteiger partial charge in [-0.2, -0.15) is 5.10 Å². The van der Waals surface area contributed by atoms with E-state index < -0.39 is 0 Å².